The highest BCUT2D eigenvalue weighted by molar-refractivity contribution is 4.69. The van der Waals surface area contributed by atoms with Crippen LogP contribution in [-0.4, -0.2) is 0 Å². The fourth-order valence-corrected chi connectivity index (χ4v) is 0.815. The molecule has 1 rings (SSSR count). The van der Waals surface area contributed by atoms with Crippen LogP contribution in [0, 0.1) is 11.8 Å². The molecular weight excluding hydrogens is 132 g/mol. The zero-order valence-electron chi connectivity index (χ0n) is 8.69. The molecule has 68 valence electrons. The van der Waals surface area contributed by atoms with Gasteiger partial charge < -0.3 is 0 Å². The van der Waals surface area contributed by atoms with Gasteiger partial charge in [0.15, 0.2) is 0 Å². The Morgan fingerprint density at radius 2 is 1.55 bits per heavy atom. The molecule has 0 nitrogen and oxygen atoms in total. The van der Waals surface area contributed by atoms with E-state index in [1.54, 1.807) is 0 Å². The lowest BCUT2D eigenvalue weighted by Gasteiger charge is -1.98. The Balaban J connectivity index is 0.000000183. The van der Waals surface area contributed by atoms with Gasteiger partial charge >= 0.3 is 0 Å². The Hall–Kier alpha value is 0. The van der Waals surface area contributed by atoms with Crippen LogP contribution in [0.1, 0.15) is 59.8 Å². The molecule has 1 aliphatic carbocycles. The van der Waals surface area contributed by atoms with Crippen molar-refractivity contribution in [3.05, 3.63) is 0 Å². The molecule has 0 radical (unpaired) electrons. The van der Waals surface area contributed by atoms with Gasteiger partial charge in [-0.25, -0.2) is 0 Å². The zero-order chi connectivity index (χ0) is 8.69. The van der Waals surface area contributed by atoms with Crippen molar-refractivity contribution in [2.24, 2.45) is 11.8 Å². The fourth-order valence-electron chi connectivity index (χ4n) is 0.815. The lowest BCUT2D eigenvalue weighted by molar-refractivity contribution is 0.544. The first-order valence-electron chi connectivity index (χ1n) is 5.24. The van der Waals surface area contributed by atoms with Crippen LogP contribution in [0.3, 0.4) is 0 Å². The minimum atomic E-state index is 0.935. The molecule has 0 heterocycles. The second-order valence-corrected chi connectivity index (χ2v) is 3.77. The van der Waals surface area contributed by atoms with Crippen molar-refractivity contribution in [3.63, 3.8) is 0 Å². The summed E-state index contributed by atoms with van der Waals surface area (Å²) >= 11 is 0. The SMILES string of the molecule is CCC(C)CC.CCC1CC1. The normalized spacial score (nSPS) is 16.1. The summed E-state index contributed by atoms with van der Waals surface area (Å²) in [4.78, 5) is 0. The van der Waals surface area contributed by atoms with Crippen molar-refractivity contribution in [1.82, 2.24) is 0 Å². The highest BCUT2D eigenvalue weighted by Crippen LogP contribution is 2.31. The third-order valence-electron chi connectivity index (χ3n) is 2.67. The Morgan fingerprint density at radius 1 is 1.09 bits per heavy atom. The first kappa shape index (κ1) is 11.0. The summed E-state index contributed by atoms with van der Waals surface area (Å²) in [5, 5.41) is 0. The molecule has 0 aromatic rings. The molecular formula is C11H24. The first-order chi connectivity index (χ1) is 5.24. The summed E-state index contributed by atoms with van der Waals surface area (Å²) in [5.74, 6) is 2.07. The zero-order valence-corrected chi connectivity index (χ0v) is 8.69. The minimum absolute atomic E-state index is 0.935. The molecule has 0 aliphatic heterocycles. The molecule has 0 heteroatoms. The van der Waals surface area contributed by atoms with Gasteiger partial charge in [-0.2, -0.15) is 0 Å². The van der Waals surface area contributed by atoms with Crippen LogP contribution >= 0.6 is 0 Å². The van der Waals surface area contributed by atoms with E-state index in [0.29, 0.717) is 0 Å². The van der Waals surface area contributed by atoms with Gasteiger partial charge in [-0.05, 0) is 11.8 Å². The van der Waals surface area contributed by atoms with Crippen LogP contribution in [0.15, 0.2) is 0 Å². The second kappa shape index (κ2) is 6.69. The summed E-state index contributed by atoms with van der Waals surface area (Å²) in [6.45, 7) is 9.00. The molecule has 0 spiro atoms. The summed E-state index contributed by atoms with van der Waals surface area (Å²) in [6.07, 6.45) is 7.10. The summed E-state index contributed by atoms with van der Waals surface area (Å²) < 4.78 is 0. The third kappa shape index (κ3) is 7.90. The van der Waals surface area contributed by atoms with Crippen molar-refractivity contribution in [3.8, 4) is 0 Å². The predicted octanol–water partition coefficient (Wildman–Crippen LogP) is 4.25. The van der Waals surface area contributed by atoms with Gasteiger partial charge in [0.2, 0.25) is 0 Å². The molecule has 1 saturated carbocycles. The summed E-state index contributed by atoms with van der Waals surface area (Å²) in [5.41, 5.74) is 0. The third-order valence-corrected chi connectivity index (χ3v) is 2.67. The highest BCUT2D eigenvalue weighted by atomic mass is 14.2. The molecule has 0 aromatic carbocycles. The fraction of sp³-hybridized carbons (Fsp3) is 1.00. The van der Waals surface area contributed by atoms with Gasteiger partial charge in [0, 0.05) is 0 Å². The minimum Gasteiger partial charge on any atom is -0.0651 e. The van der Waals surface area contributed by atoms with Gasteiger partial charge in [-0.15, -0.1) is 0 Å². The van der Waals surface area contributed by atoms with E-state index in [9.17, 15) is 0 Å². The molecule has 1 aliphatic rings. The van der Waals surface area contributed by atoms with Gasteiger partial charge in [0.1, 0.15) is 0 Å². The van der Waals surface area contributed by atoms with E-state index < -0.39 is 0 Å². The molecule has 1 fully saturated rings. The average molecular weight is 156 g/mol. The smallest absolute Gasteiger partial charge is 0.0417 e. The van der Waals surface area contributed by atoms with Crippen LogP contribution in [0.5, 0.6) is 0 Å². The Kier molecular flexibility index (Phi) is 6.69. The van der Waals surface area contributed by atoms with E-state index in [1.807, 2.05) is 0 Å². The Morgan fingerprint density at radius 3 is 1.55 bits per heavy atom. The van der Waals surface area contributed by atoms with Gasteiger partial charge in [0.25, 0.3) is 0 Å². The van der Waals surface area contributed by atoms with Crippen molar-refractivity contribution >= 4 is 0 Å². The predicted molar refractivity (Wildman–Crippen MR) is 52.8 cm³/mol. The average Bonchev–Trinajstić information content (AvgIpc) is 2.86. The Labute approximate surface area is 72.4 Å². The number of hydrogen-bond donors (Lipinski definition) is 0. The maximum atomic E-state index is 2.28. The van der Waals surface area contributed by atoms with E-state index in [-0.39, 0.29) is 0 Å². The van der Waals surface area contributed by atoms with Gasteiger partial charge in [-0.1, -0.05) is 59.8 Å². The van der Waals surface area contributed by atoms with Gasteiger partial charge in [0.05, 0.1) is 0 Å². The van der Waals surface area contributed by atoms with E-state index in [2.05, 4.69) is 27.7 Å². The van der Waals surface area contributed by atoms with Crippen LogP contribution in [-0.2, 0) is 0 Å². The lowest BCUT2D eigenvalue weighted by Crippen LogP contribution is -1.85. The maximum absolute atomic E-state index is 2.28. The van der Waals surface area contributed by atoms with Crippen molar-refractivity contribution in [1.29, 1.82) is 0 Å². The van der Waals surface area contributed by atoms with E-state index >= 15 is 0 Å². The monoisotopic (exact) mass is 156 g/mol. The van der Waals surface area contributed by atoms with E-state index in [4.69, 9.17) is 0 Å². The maximum Gasteiger partial charge on any atom is -0.0417 e. The molecule has 0 unspecified atom stereocenters. The van der Waals surface area contributed by atoms with Crippen LogP contribution in [0.25, 0.3) is 0 Å². The second-order valence-electron chi connectivity index (χ2n) is 3.77. The number of rotatable bonds is 3. The van der Waals surface area contributed by atoms with Crippen molar-refractivity contribution < 1.29 is 0 Å². The Bertz CT molecular complexity index is 68.1. The van der Waals surface area contributed by atoms with Crippen molar-refractivity contribution in [2.45, 2.75) is 59.8 Å². The largest absolute Gasteiger partial charge is 0.0651 e. The molecule has 0 saturated heterocycles. The first-order valence-corrected chi connectivity index (χ1v) is 5.24. The molecule has 0 bridgehead atoms. The topological polar surface area (TPSA) is 0 Å². The standard InChI is InChI=1S/C6H14.C5H10/c1-4-6(3)5-2;1-2-5-3-4-5/h6H,4-5H2,1-3H3;5H,2-4H2,1H3. The van der Waals surface area contributed by atoms with E-state index in [1.165, 1.54) is 32.1 Å². The molecule has 0 aromatic heterocycles. The molecule has 0 N–H and O–H groups in total. The van der Waals surface area contributed by atoms with Crippen molar-refractivity contribution in [2.75, 3.05) is 0 Å². The van der Waals surface area contributed by atoms with E-state index in [0.717, 1.165) is 11.8 Å². The van der Waals surface area contributed by atoms with Gasteiger partial charge in [-0.3, -0.25) is 0 Å². The lowest BCUT2D eigenvalue weighted by atomic mass is 10.1. The quantitative estimate of drug-likeness (QED) is 0.573. The molecule has 0 amide bonds. The highest BCUT2D eigenvalue weighted by Gasteiger charge is 2.17. The van der Waals surface area contributed by atoms with Crippen LogP contribution in [0.2, 0.25) is 0 Å². The summed E-state index contributed by atoms with van der Waals surface area (Å²) in [7, 11) is 0. The summed E-state index contributed by atoms with van der Waals surface area (Å²) in [6, 6.07) is 0. The molecule has 11 heavy (non-hydrogen) atoms. The van der Waals surface area contributed by atoms with Crippen LogP contribution < -0.4 is 0 Å². The number of hydrogen-bond acceptors (Lipinski definition) is 0. The van der Waals surface area contributed by atoms with Crippen LogP contribution in [0.4, 0.5) is 0 Å². The molecule has 0 atom stereocenters.